The van der Waals surface area contributed by atoms with Crippen LogP contribution in [0, 0.1) is 6.92 Å². The van der Waals surface area contributed by atoms with Gasteiger partial charge >= 0.3 is 0 Å². The number of nitrogens with one attached hydrogen (secondary N) is 2. The Balaban J connectivity index is 2.64. The van der Waals surface area contributed by atoms with Gasteiger partial charge in [0.2, 0.25) is 15.9 Å². The fourth-order valence-electron chi connectivity index (χ4n) is 1.83. The minimum absolute atomic E-state index is 0.0497. The molecule has 6 nitrogen and oxygen atoms in total. The first-order valence-corrected chi connectivity index (χ1v) is 8.16. The van der Waals surface area contributed by atoms with Gasteiger partial charge in [-0.15, -0.1) is 0 Å². The first-order valence-electron chi connectivity index (χ1n) is 6.68. The first-order chi connectivity index (χ1) is 9.51. The smallest absolute Gasteiger partial charge is 0.240 e. The second kappa shape index (κ2) is 6.44. The highest BCUT2D eigenvalue weighted by atomic mass is 32.2. The van der Waals surface area contributed by atoms with Crippen molar-refractivity contribution in [3.05, 3.63) is 23.8 Å². The Morgan fingerprint density at radius 1 is 1.29 bits per heavy atom. The quantitative estimate of drug-likeness (QED) is 0.710. The van der Waals surface area contributed by atoms with Gasteiger partial charge in [-0.3, -0.25) is 4.79 Å². The number of nitrogen functional groups attached to an aromatic ring is 1. The third-order valence-corrected chi connectivity index (χ3v) is 4.27. The van der Waals surface area contributed by atoms with E-state index in [-0.39, 0.29) is 29.3 Å². The molecule has 0 aliphatic carbocycles. The molecule has 1 aromatic rings. The molecule has 0 bridgehead atoms. The van der Waals surface area contributed by atoms with Gasteiger partial charge in [0.1, 0.15) is 0 Å². The molecule has 1 rings (SSSR count). The number of carbonyl (C=O) groups excluding carboxylic acids is 1. The van der Waals surface area contributed by atoms with Crippen molar-refractivity contribution in [2.45, 2.75) is 44.6 Å². The summed E-state index contributed by atoms with van der Waals surface area (Å²) < 4.78 is 26.7. The van der Waals surface area contributed by atoms with Crippen LogP contribution in [0.2, 0.25) is 0 Å². The largest absolute Gasteiger partial charge is 0.399 e. The number of anilines is 1. The number of nitrogens with two attached hydrogens (primary N) is 1. The molecule has 0 saturated heterocycles. The molecule has 0 aromatic heterocycles. The van der Waals surface area contributed by atoms with Crippen LogP contribution < -0.4 is 15.8 Å². The summed E-state index contributed by atoms with van der Waals surface area (Å²) in [6.07, 6.45) is 0.0878. The second-order valence-corrected chi connectivity index (χ2v) is 7.71. The molecule has 7 heteroatoms. The van der Waals surface area contributed by atoms with Gasteiger partial charge in [-0.1, -0.05) is 0 Å². The van der Waals surface area contributed by atoms with E-state index in [0.717, 1.165) is 0 Å². The Bertz CT molecular complexity index is 619. The molecule has 1 amide bonds. The third-order valence-electron chi connectivity index (χ3n) is 2.65. The zero-order valence-corrected chi connectivity index (χ0v) is 13.7. The third kappa shape index (κ3) is 5.73. The van der Waals surface area contributed by atoms with Crippen molar-refractivity contribution in [2.24, 2.45) is 0 Å². The molecule has 0 aliphatic heterocycles. The van der Waals surface area contributed by atoms with Crippen LogP contribution in [0.3, 0.4) is 0 Å². The van der Waals surface area contributed by atoms with Crippen molar-refractivity contribution in [3.63, 3.8) is 0 Å². The van der Waals surface area contributed by atoms with E-state index in [0.29, 0.717) is 11.3 Å². The van der Waals surface area contributed by atoms with Crippen LogP contribution in [0.5, 0.6) is 0 Å². The molecule has 0 aliphatic rings. The Morgan fingerprint density at radius 2 is 1.90 bits per heavy atom. The molecule has 0 heterocycles. The highest BCUT2D eigenvalue weighted by molar-refractivity contribution is 7.89. The van der Waals surface area contributed by atoms with Crippen molar-refractivity contribution in [3.8, 4) is 0 Å². The lowest BCUT2D eigenvalue weighted by molar-refractivity contribution is -0.122. The van der Waals surface area contributed by atoms with E-state index in [4.69, 9.17) is 5.73 Å². The summed E-state index contributed by atoms with van der Waals surface area (Å²) >= 11 is 0. The second-order valence-electron chi connectivity index (χ2n) is 5.97. The molecule has 0 saturated carbocycles. The van der Waals surface area contributed by atoms with Crippen molar-refractivity contribution >= 4 is 21.6 Å². The summed E-state index contributed by atoms with van der Waals surface area (Å²) in [5.41, 5.74) is 6.35. The number of sulfonamides is 1. The fraction of sp³-hybridized carbons (Fsp3) is 0.500. The highest BCUT2D eigenvalue weighted by Gasteiger charge is 2.18. The predicted molar refractivity (Wildman–Crippen MR) is 83.3 cm³/mol. The maximum absolute atomic E-state index is 12.1. The SMILES string of the molecule is Cc1cc(N)ccc1S(=O)(=O)NCCC(=O)NC(C)(C)C. The first kappa shape index (κ1) is 17.5. The van der Waals surface area contributed by atoms with Crippen LogP contribution >= 0.6 is 0 Å². The zero-order valence-electron chi connectivity index (χ0n) is 12.9. The van der Waals surface area contributed by atoms with Gasteiger partial charge < -0.3 is 11.1 Å². The lowest BCUT2D eigenvalue weighted by Gasteiger charge is -2.20. The molecule has 0 atom stereocenters. The lowest BCUT2D eigenvalue weighted by Crippen LogP contribution is -2.42. The summed E-state index contributed by atoms with van der Waals surface area (Å²) in [6, 6.07) is 4.59. The molecule has 1 aromatic carbocycles. The van der Waals surface area contributed by atoms with Gasteiger partial charge in [-0.25, -0.2) is 13.1 Å². The van der Waals surface area contributed by atoms with Crippen LogP contribution in [0.4, 0.5) is 5.69 Å². The van der Waals surface area contributed by atoms with Gasteiger partial charge in [0.05, 0.1) is 4.90 Å². The summed E-state index contributed by atoms with van der Waals surface area (Å²) in [5.74, 6) is -0.195. The van der Waals surface area contributed by atoms with E-state index >= 15 is 0 Å². The summed E-state index contributed by atoms with van der Waals surface area (Å²) in [5, 5.41) is 2.77. The summed E-state index contributed by atoms with van der Waals surface area (Å²) in [7, 11) is -3.63. The summed E-state index contributed by atoms with van der Waals surface area (Å²) in [4.78, 5) is 11.8. The molecule has 0 spiro atoms. The maximum atomic E-state index is 12.1. The van der Waals surface area contributed by atoms with Gasteiger partial charge in [0.25, 0.3) is 0 Å². The molecule has 118 valence electrons. The number of carbonyl (C=O) groups is 1. The van der Waals surface area contributed by atoms with Crippen molar-refractivity contribution in [1.29, 1.82) is 0 Å². The minimum atomic E-state index is -3.63. The van der Waals surface area contributed by atoms with Crippen molar-refractivity contribution in [1.82, 2.24) is 10.0 Å². The number of amides is 1. The number of hydrogen-bond donors (Lipinski definition) is 3. The molecule has 0 unspecified atom stereocenters. The summed E-state index contributed by atoms with van der Waals surface area (Å²) in [6.45, 7) is 7.33. The molecular formula is C14H23N3O3S. The average Bonchev–Trinajstić information content (AvgIpc) is 2.25. The Morgan fingerprint density at radius 3 is 2.43 bits per heavy atom. The number of aryl methyl sites for hydroxylation is 1. The van der Waals surface area contributed by atoms with Crippen LogP contribution in [0.1, 0.15) is 32.8 Å². The Hall–Kier alpha value is -1.60. The van der Waals surface area contributed by atoms with E-state index in [2.05, 4.69) is 10.0 Å². The van der Waals surface area contributed by atoms with E-state index in [1.165, 1.54) is 12.1 Å². The van der Waals surface area contributed by atoms with E-state index in [9.17, 15) is 13.2 Å². The Kier molecular flexibility index (Phi) is 5.36. The predicted octanol–water partition coefficient (Wildman–Crippen LogP) is 1.16. The molecule has 21 heavy (non-hydrogen) atoms. The fourth-order valence-corrected chi connectivity index (χ4v) is 3.09. The normalized spacial score (nSPS) is 12.2. The highest BCUT2D eigenvalue weighted by Crippen LogP contribution is 2.17. The van der Waals surface area contributed by atoms with Gasteiger partial charge in [-0.2, -0.15) is 0 Å². The minimum Gasteiger partial charge on any atom is -0.399 e. The van der Waals surface area contributed by atoms with E-state index in [1.807, 2.05) is 20.8 Å². The van der Waals surface area contributed by atoms with Crippen LogP contribution in [0.15, 0.2) is 23.1 Å². The van der Waals surface area contributed by atoms with E-state index in [1.54, 1.807) is 13.0 Å². The number of hydrogen-bond acceptors (Lipinski definition) is 4. The van der Waals surface area contributed by atoms with Crippen LogP contribution in [0.25, 0.3) is 0 Å². The van der Waals surface area contributed by atoms with Gasteiger partial charge in [0.15, 0.2) is 0 Å². The topological polar surface area (TPSA) is 101 Å². The number of rotatable bonds is 5. The van der Waals surface area contributed by atoms with Gasteiger partial charge in [0, 0.05) is 24.2 Å². The molecule has 0 fully saturated rings. The monoisotopic (exact) mass is 313 g/mol. The number of benzene rings is 1. The average molecular weight is 313 g/mol. The van der Waals surface area contributed by atoms with Crippen molar-refractivity contribution in [2.75, 3.05) is 12.3 Å². The van der Waals surface area contributed by atoms with Gasteiger partial charge in [-0.05, 0) is 51.5 Å². The van der Waals surface area contributed by atoms with E-state index < -0.39 is 10.0 Å². The van der Waals surface area contributed by atoms with Crippen LogP contribution in [-0.4, -0.2) is 26.4 Å². The lowest BCUT2D eigenvalue weighted by atomic mass is 10.1. The molecule has 0 radical (unpaired) electrons. The zero-order chi connectivity index (χ0) is 16.3. The Labute approximate surface area is 126 Å². The van der Waals surface area contributed by atoms with Crippen molar-refractivity contribution < 1.29 is 13.2 Å². The molecular weight excluding hydrogens is 290 g/mol. The standard InChI is InChI=1S/C14H23N3O3S/c1-10-9-11(15)5-6-12(10)21(19,20)16-8-7-13(18)17-14(2,3)4/h5-6,9,16H,7-8,15H2,1-4H3,(H,17,18). The molecule has 4 N–H and O–H groups in total. The van der Waals surface area contributed by atoms with Crippen LogP contribution in [-0.2, 0) is 14.8 Å². The maximum Gasteiger partial charge on any atom is 0.240 e.